The smallest absolute Gasteiger partial charge is 0.255 e. The van der Waals surface area contributed by atoms with Crippen LogP contribution < -0.4 is 10.1 Å². The van der Waals surface area contributed by atoms with E-state index >= 15 is 0 Å². The Kier molecular flexibility index (Phi) is 4.71. The van der Waals surface area contributed by atoms with Gasteiger partial charge in [0.05, 0.1) is 12.8 Å². The van der Waals surface area contributed by atoms with Crippen LogP contribution in [-0.2, 0) is 7.05 Å². The number of carbonyl (C=O) groups is 1. The Morgan fingerprint density at radius 2 is 1.77 bits per heavy atom. The van der Waals surface area contributed by atoms with Crippen LogP contribution in [0.25, 0.3) is 11.3 Å². The number of imidazole rings is 1. The first-order valence-corrected chi connectivity index (χ1v) is 7.84. The molecule has 0 saturated carbocycles. The summed E-state index contributed by atoms with van der Waals surface area (Å²) in [6.45, 7) is 1.91. The Hall–Kier alpha value is -3.22. The second kappa shape index (κ2) is 6.95. The lowest BCUT2D eigenvalue weighted by atomic mass is 10.1. The molecule has 2 aromatic carbocycles. The maximum absolute atomic E-state index is 13.7. The molecule has 134 valence electrons. The van der Waals surface area contributed by atoms with Crippen LogP contribution in [-0.4, -0.2) is 22.6 Å². The summed E-state index contributed by atoms with van der Waals surface area (Å²) in [6, 6.07) is 8.89. The number of hydrogen-bond donors (Lipinski definition) is 1. The summed E-state index contributed by atoms with van der Waals surface area (Å²) in [6.07, 6.45) is 1.91. The highest BCUT2D eigenvalue weighted by Crippen LogP contribution is 2.24. The molecule has 26 heavy (non-hydrogen) atoms. The van der Waals surface area contributed by atoms with Crippen molar-refractivity contribution >= 4 is 11.6 Å². The van der Waals surface area contributed by atoms with Crippen LogP contribution in [0.3, 0.4) is 0 Å². The number of nitrogens with one attached hydrogen (secondary N) is 1. The number of halogens is 2. The van der Waals surface area contributed by atoms with Crippen molar-refractivity contribution in [2.24, 2.45) is 7.05 Å². The molecule has 1 aromatic heterocycles. The Labute approximate surface area is 149 Å². The van der Waals surface area contributed by atoms with E-state index in [1.165, 1.54) is 0 Å². The summed E-state index contributed by atoms with van der Waals surface area (Å²) >= 11 is 0. The largest absolute Gasteiger partial charge is 0.491 e. The van der Waals surface area contributed by atoms with E-state index in [9.17, 15) is 13.6 Å². The second-order valence-corrected chi connectivity index (χ2v) is 5.79. The summed E-state index contributed by atoms with van der Waals surface area (Å²) in [7, 11) is 3.07. The van der Waals surface area contributed by atoms with Crippen molar-refractivity contribution in [1.82, 2.24) is 9.55 Å². The third-order valence-corrected chi connectivity index (χ3v) is 4.01. The monoisotopic (exact) mass is 357 g/mol. The van der Waals surface area contributed by atoms with Gasteiger partial charge in [0.25, 0.3) is 5.91 Å². The van der Waals surface area contributed by atoms with Crippen molar-refractivity contribution in [3.8, 4) is 17.0 Å². The number of rotatable bonds is 4. The van der Waals surface area contributed by atoms with Gasteiger partial charge in [-0.3, -0.25) is 4.79 Å². The van der Waals surface area contributed by atoms with Crippen molar-refractivity contribution < 1.29 is 18.3 Å². The minimum absolute atomic E-state index is 0.134. The van der Waals surface area contributed by atoms with Gasteiger partial charge in [0.1, 0.15) is 5.82 Å². The number of nitrogens with zero attached hydrogens (tertiary/aromatic N) is 2. The van der Waals surface area contributed by atoms with Crippen LogP contribution in [0.5, 0.6) is 5.75 Å². The third kappa shape index (κ3) is 3.42. The first-order chi connectivity index (χ1) is 12.4. The normalized spacial score (nSPS) is 10.7. The molecule has 7 heteroatoms. The summed E-state index contributed by atoms with van der Waals surface area (Å²) in [5.41, 5.74) is 2.09. The average molecular weight is 357 g/mol. The minimum atomic E-state index is -0.932. The van der Waals surface area contributed by atoms with Crippen LogP contribution >= 0.6 is 0 Å². The summed E-state index contributed by atoms with van der Waals surface area (Å²) in [5.74, 6) is -2.11. The molecule has 0 aliphatic heterocycles. The highest BCUT2D eigenvalue weighted by molar-refractivity contribution is 6.04. The fraction of sp³-hybridized carbons (Fsp3) is 0.158. The van der Waals surface area contributed by atoms with Gasteiger partial charge in [0, 0.05) is 30.1 Å². The van der Waals surface area contributed by atoms with Crippen molar-refractivity contribution in [3.05, 3.63) is 65.6 Å². The van der Waals surface area contributed by atoms with Gasteiger partial charge < -0.3 is 14.6 Å². The van der Waals surface area contributed by atoms with E-state index in [4.69, 9.17) is 0 Å². The lowest BCUT2D eigenvalue weighted by Gasteiger charge is -2.08. The molecule has 1 N–H and O–H groups in total. The van der Waals surface area contributed by atoms with Gasteiger partial charge in [0.15, 0.2) is 17.4 Å². The first kappa shape index (κ1) is 17.6. The number of aromatic nitrogens is 2. The van der Waals surface area contributed by atoms with E-state index in [0.717, 1.165) is 36.3 Å². The predicted octanol–water partition coefficient (Wildman–Crippen LogP) is 3.93. The third-order valence-electron chi connectivity index (χ3n) is 4.01. The standard InChI is InChI=1S/C19H17F2N3O2/c1-11-22-17(10-24(11)2)12-4-6-14(7-5-12)23-19(25)13-8-15(20)18(26-3)16(21)9-13/h4-10H,1-3H3,(H,23,25). The number of aryl methyl sites for hydroxylation is 2. The van der Waals surface area contributed by atoms with Crippen LogP contribution in [0.1, 0.15) is 16.2 Å². The Morgan fingerprint density at radius 1 is 1.15 bits per heavy atom. The highest BCUT2D eigenvalue weighted by Gasteiger charge is 2.16. The zero-order chi connectivity index (χ0) is 18.8. The fourth-order valence-corrected chi connectivity index (χ4v) is 2.51. The van der Waals surface area contributed by atoms with Crippen LogP contribution in [0, 0.1) is 18.6 Å². The Balaban J connectivity index is 1.78. The van der Waals surface area contributed by atoms with Gasteiger partial charge in [-0.2, -0.15) is 0 Å². The van der Waals surface area contributed by atoms with Gasteiger partial charge in [-0.25, -0.2) is 13.8 Å². The van der Waals surface area contributed by atoms with Gasteiger partial charge in [-0.15, -0.1) is 0 Å². The van der Waals surface area contributed by atoms with Crippen molar-refractivity contribution in [2.45, 2.75) is 6.92 Å². The lowest BCUT2D eigenvalue weighted by molar-refractivity contribution is 0.102. The number of carbonyl (C=O) groups excluding carboxylic acids is 1. The molecule has 0 radical (unpaired) electrons. The number of methoxy groups -OCH3 is 1. The molecule has 1 heterocycles. The number of hydrogen-bond acceptors (Lipinski definition) is 3. The molecule has 1 amide bonds. The Bertz CT molecular complexity index is 923. The van der Waals surface area contributed by atoms with Crippen molar-refractivity contribution in [3.63, 3.8) is 0 Å². The molecule has 0 aliphatic carbocycles. The molecule has 3 rings (SSSR count). The van der Waals surface area contributed by atoms with Crippen LogP contribution in [0.4, 0.5) is 14.5 Å². The maximum Gasteiger partial charge on any atom is 0.255 e. The summed E-state index contributed by atoms with van der Waals surface area (Å²) in [5, 5.41) is 2.61. The van der Waals surface area contributed by atoms with Gasteiger partial charge in [0.2, 0.25) is 0 Å². The van der Waals surface area contributed by atoms with E-state index in [1.54, 1.807) is 12.1 Å². The number of anilines is 1. The topological polar surface area (TPSA) is 56.1 Å². The molecular formula is C19H17F2N3O2. The molecular weight excluding hydrogens is 340 g/mol. The minimum Gasteiger partial charge on any atom is -0.491 e. The summed E-state index contributed by atoms with van der Waals surface area (Å²) < 4.78 is 34.0. The highest BCUT2D eigenvalue weighted by atomic mass is 19.1. The molecule has 3 aromatic rings. The molecule has 0 fully saturated rings. The van der Waals surface area contributed by atoms with Gasteiger partial charge in [-0.1, -0.05) is 12.1 Å². The maximum atomic E-state index is 13.7. The fourth-order valence-electron chi connectivity index (χ4n) is 2.51. The first-order valence-electron chi connectivity index (χ1n) is 7.84. The molecule has 0 unspecified atom stereocenters. The molecule has 0 atom stereocenters. The molecule has 5 nitrogen and oxygen atoms in total. The van der Waals surface area contributed by atoms with E-state index in [1.807, 2.05) is 36.9 Å². The lowest BCUT2D eigenvalue weighted by Crippen LogP contribution is -2.13. The second-order valence-electron chi connectivity index (χ2n) is 5.79. The van der Waals surface area contributed by atoms with E-state index < -0.39 is 23.3 Å². The SMILES string of the molecule is COc1c(F)cc(C(=O)Nc2ccc(-c3cn(C)c(C)n3)cc2)cc1F. The van der Waals surface area contributed by atoms with E-state index in [2.05, 4.69) is 15.0 Å². The van der Waals surface area contributed by atoms with Crippen molar-refractivity contribution in [2.75, 3.05) is 12.4 Å². The van der Waals surface area contributed by atoms with Gasteiger partial charge in [-0.05, 0) is 31.2 Å². The number of amides is 1. The summed E-state index contributed by atoms with van der Waals surface area (Å²) in [4.78, 5) is 16.7. The number of ether oxygens (including phenoxy) is 1. The Morgan fingerprint density at radius 3 is 2.27 bits per heavy atom. The average Bonchev–Trinajstić information content (AvgIpc) is 2.94. The molecule has 0 aliphatic rings. The van der Waals surface area contributed by atoms with E-state index in [0.29, 0.717) is 5.69 Å². The quantitative estimate of drug-likeness (QED) is 0.770. The predicted molar refractivity (Wildman–Crippen MR) is 94.2 cm³/mol. The zero-order valence-electron chi connectivity index (χ0n) is 14.5. The molecule has 0 spiro atoms. The molecule has 0 bridgehead atoms. The van der Waals surface area contributed by atoms with Crippen LogP contribution in [0.2, 0.25) is 0 Å². The van der Waals surface area contributed by atoms with E-state index in [-0.39, 0.29) is 5.56 Å². The molecule has 0 saturated heterocycles. The van der Waals surface area contributed by atoms with Crippen LogP contribution in [0.15, 0.2) is 42.6 Å². The zero-order valence-corrected chi connectivity index (χ0v) is 14.5. The van der Waals surface area contributed by atoms with Crippen molar-refractivity contribution in [1.29, 1.82) is 0 Å². The number of benzene rings is 2. The van der Waals surface area contributed by atoms with Gasteiger partial charge >= 0.3 is 0 Å².